The Balaban J connectivity index is -0.0000000498. The van der Waals surface area contributed by atoms with Crippen molar-refractivity contribution in [3.63, 3.8) is 0 Å². The molecule has 0 amide bonds. The van der Waals surface area contributed by atoms with Crippen molar-refractivity contribution in [2.45, 2.75) is 140 Å². The van der Waals surface area contributed by atoms with Crippen LogP contribution in [-0.4, -0.2) is 24.9 Å². The quantitative estimate of drug-likeness (QED) is 0.146. The molecular weight excluding hydrogens is 643 g/mol. The first-order chi connectivity index (χ1) is 23.4. The molecule has 0 bridgehead atoms. The van der Waals surface area contributed by atoms with E-state index in [9.17, 15) is 0 Å². The summed E-state index contributed by atoms with van der Waals surface area (Å²) in [4.78, 5) is 19.0. The molecule has 6 aromatic rings. The zero-order valence-electron chi connectivity index (χ0n) is 32.8. The first kappa shape index (κ1) is 72.6. The van der Waals surface area contributed by atoms with Gasteiger partial charge in [0.1, 0.15) is 19.0 Å². The lowest BCUT2D eigenvalue weighted by Gasteiger charge is -1.99. The molecule has 4 aromatic heterocycles. The van der Waals surface area contributed by atoms with Crippen LogP contribution in [-0.2, 0) is 0 Å². The molecule has 0 fully saturated rings. The van der Waals surface area contributed by atoms with Gasteiger partial charge in [0, 0.05) is 23.2 Å². The molecule has 0 radical (unpaired) electrons. The van der Waals surface area contributed by atoms with E-state index in [2.05, 4.69) is 43.1 Å². The fourth-order valence-corrected chi connectivity index (χ4v) is 2.92. The van der Waals surface area contributed by atoms with Crippen molar-refractivity contribution < 1.29 is 0 Å². The van der Waals surface area contributed by atoms with Gasteiger partial charge in [-0.25, -0.2) is 19.9 Å². The molecule has 0 spiro atoms. The number of aromatic nitrogens is 5. The molecule has 0 aliphatic heterocycles. The smallest absolute Gasteiger partial charge is 0.119 e. The van der Waals surface area contributed by atoms with E-state index in [-0.39, 0.29) is 29.7 Å². The van der Waals surface area contributed by atoms with Gasteiger partial charge in [-0.15, -0.1) is 0 Å². The molecule has 0 saturated carbocycles. The van der Waals surface area contributed by atoms with Gasteiger partial charge in [-0.2, -0.15) is 11.3 Å². The Labute approximate surface area is 324 Å². The number of hydrogen-bond acceptors (Lipinski definition) is 6. The van der Waals surface area contributed by atoms with E-state index >= 15 is 0 Å². The lowest BCUT2D eigenvalue weighted by atomic mass is 10.1. The Kier molecular flexibility index (Phi) is 108. The summed E-state index contributed by atoms with van der Waals surface area (Å²) in [5.41, 5.74) is 2.12. The van der Waals surface area contributed by atoms with Crippen LogP contribution in [0.25, 0.3) is 21.8 Å². The van der Waals surface area contributed by atoms with E-state index < -0.39 is 0 Å². The van der Waals surface area contributed by atoms with E-state index in [1.807, 2.05) is 188 Å². The van der Waals surface area contributed by atoms with Gasteiger partial charge in [0.15, 0.2) is 0 Å². The maximum absolute atomic E-state index is 4.58. The second-order valence-electron chi connectivity index (χ2n) is 5.99. The molecule has 4 heterocycles. The standard InChI is InChI=1S/C13H9N.C5H5N.C4H4S.C3H3N3.8C2H6.4CH4/c1-3-7-12-10(5-1)9-11-6-2-4-8-13(11)14-12;1-2-4-6-5-3-1;1-2-4-5-3-1;1-4-2-6-3-5-1;8*1-2;;;;/h1-9H;1-5H;1-4H;1-3H;8*1-2H3;4*1H4. The third-order valence-corrected chi connectivity index (χ3v) is 4.45. The predicted octanol–water partition coefficient (Wildman–Crippen LogP) is 16.8. The van der Waals surface area contributed by atoms with Gasteiger partial charge in [0.05, 0.1) is 11.0 Å². The maximum atomic E-state index is 4.58. The van der Waals surface area contributed by atoms with Crippen molar-refractivity contribution in [2.24, 2.45) is 0 Å². The zero-order chi connectivity index (χ0) is 37.4. The molecule has 0 saturated heterocycles. The minimum atomic E-state index is 0. The van der Waals surface area contributed by atoms with Crippen molar-refractivity contribution in [1.82, 2.24) is 24.9 Å². The Morgan fingerprint density at radius 2 is 0.667 bits per heavy atom. The van der Waals surface area contributed by atoms with Crippen LogP contribution in [0.2, 0.25) is 0 Å². The van der Waals surface area contributed by atoms with Crippen LogP contribution in [0, 0.1) is 0 Å². The summed E-state index contributed by atoms with van der Waals surface area (Å²) in [5, 5.41) is 6.48. The molecule has 0 unspecified atom stereocenters. The van der Waals surface area contributed by atoms with E-state index in [4.69, 9.17) is 0 Å². The van der Waals surface area contributed by atoms with Crippen molar-refractivity contribution in [2.75, 3.05) is 0 Å². The average molecular weight is 728 g/mol. The number of rotatable bonds is 0. The second kappa shape index (κ2) is 76.0. The summed E-state index contributed by atoms with van der Waals surface area (Å²) in [6.07, 6.45) is 7.81. The van der Waals surface area contributed by atoms with Gasteiger partial charge in [0.25, 0.3) is 0 Å². The number of para-hydroxylation sites is 2. The highest BCUT2D eigenvalue weighted by atomic mass is 32.1. The number of pyridine rings is 2. The predicted molar refractivity (Wildman–Crippen MR) is 245 cm³/mol. The van der Waals surface area contributed by atoms with Crippen LogP contribution in [0.3, 0.4) is 0 Å². The Hall–Kier alpha value is -4.03. The van der Waals surface area contributed by atoms with Crippen molar-refractivity contribution in [3.8, 4) is 0 Å². The third kappa shape index (κ3) is 48.1. The molecule has 51 heavy (non-hydrogen) atoms. The first-order valence-corrected chi connectivity index (χ1v) is 18.5. The molecule has 0 N–H and O–H groups in total. The monoisotopic (exact) mass is 728 g/mol. The Morgan fingerprint density at radius 1 is 0.353 bits per heavy atom. The van der Waals surface area contributed by atoms with Gasteiger partial charge in [-0.1, -0.05) is 195 Å². The van der Waals surface area contributed by atoms with Gasteiger partial charge in [0.2, 0.25) is 0 Å². The van der Waals surface area contributed by atoms with Crippen LogP contribution in [0.15, 0.2) is 127 Å². The lowest BCUT2D eigenvalue weighted by molar-refractivity contribution is 1.05. The largest absolute Gasteiger partial charge is 0.265 e. The highest BCUT2D eigenvalue weighted by Crippen LogP contribution is 2.18. The molecule has 296 valence electrons. The topological polar surface area (TPSA) is 64.5 Å². The zero-order valence-corrected chi connectivity index (χ0v) is 33.6. The maximum Gasteiger partial charge on any atom is 0.119 e. The minimum Gasteiger partial charge on any atom is -0.265 e. The van der Waals surface area contributed by atoms with Crippen LogP contribution < -0.4 is 0 Å². The molecule has 6 heteroatoms. The number of fused-ring (bicyclic) bond motifs is 2. The summed E-state index contributed by atoms with van der Waals surface area (Å²) in [7, 11) is 0. The van der Waals surface area contributed by atoms with Crippen molar-refractivity contribution in [3.05, 3.63) is 127 Å². The number of hydrogen-bond donors (Lipinski definition) is 0. The third-order valence-electron chi connectivity index (χ3n) is 3.82. The molecule has 2 aromatic carbocycles. The summed E-state index contributed by atoms with van der Waals surface area (Å²) < 4.78 is 0. The van der Waals surface area contributed by atoms with E-state index in [0.717, 1.165) is 11.0 Å². The van der Waals surface area contributed by atoms with E-state index in [1.54, 1.807) is 23.7 Å². The molecule has 0 aliphatic carbocycles. The van der Waals surface area contributed by atoms with Gasteiger partial charge in [-0.05, 0) is 41.1 Å². The van der Waals surface area contributed by atoms with E-state index in [0.29, 0.717) is 0 Å². The van der Waals surface area contributed by atoms with Gasteiger partial charge < -0.3 is 0 Å². The minimum absolute atomic E-state index is 0. The summed E-state index contributed by atoms with van der Waals surface area (Å²) in [6, 6.07) is 28.3. The average Bonchev–Trinajstić information content (AvgIpc) is 3.83. The molecule has 6 rings (SSSR count). The van der Waals surface area contributed by atoms with Crippen LogP contribution in [0.4, 0.5) is 0 Å². The van der Waals surface area contributed by atoms with E-state index in [1.165, 1.54) is 29.8 Å². The normalized spacial score (nSPS) is 6.59. The van der Waals surface area contributed by atoms with Crippen LogP contribution in [0.1, 0.15) is 140 Å². The highest BCUT2D eigenvalue weighted by molar-refractivity contribution is 7.07. The van der Waals surface area contributed by atoms with Gasteiger partial charge in [-0.3, -0.25) is 4.98 Å². The SMILES string of the molecule is C.C.C.C.CC.CC.CC.CC.CC.CC.CC.CC.c1ccc2nc3ccccc3cc2c1.c1ccncc1.c1ccsc1.c1ncncn1. The molecule has 5 nitrogen and oxygen atoms in total. The fraction of sp³-hybridized carbons (Fsp3) is 0.444. The summed E-state index contributed by atoms with van der Waals surface area (Å²) in [5.74, 6) is 0. The van der Waals surface area contributed by atoms with Gasteiger partial charge >= 0.3 is 0 Å². The molecule has 0 atom stereocenters. The van der Waals surface area contributed by atoms with Crippen molar-refractivity contribution in [1.29, 1.82) is 0 Å². The molecular formula is C45H85N5S. The fourth-order valence-electron chi connectivity index (χ4n) is 2.46. The lowest BCUT2D eigenvalue weighted by Crippen LogP contribution is -1.80. The highest BCUT2D eigenvalue weighted by Gasteiger charge is 1.96. The first-order valence-electron chi connectivity index (χ1n) is 17.5. The van der Waals surface area contributed by atoms with Crippen LogP contribution >= 0.6 is 11.3 Å². The van der Waals surface area contributed by atoms with Crippen LogP contribution in [0.5, 0.6) is 0 Å². The van der Waals surface area contributed by atoms with Crippen molar-refractivity contribution >= 4 is 33.1 Å². The Bertz CT molecular complexity index is 1030. The summed E-state index contributed by atoms with van der Waals surface area (Å²) in [6.45, 7) is 32.0. The summed E-state index contributed by atoms with van der Waals surface area (Å²) >= 11 is 1.71. The number of benzene rings is 2. The second-order valence-corrected chi connectivity index (χ2v) is 6.80. The number of thiophene rings is 1. The molecule has 0 aliphatic rings. The Morgan fingerprint density at radius 3 is 0.882 bits per heavy atom. The number of nitrogens with zero attached hydrogens (tertiary/aromatic N) is 5.